The molecule has 1 aromatic rings. The largest absolute Gasteiger partial charge is 0.388 e. The molecule has 1 heterocycles. The lowest BCUT2D eigenvalue weighted by atomic mass is 10.2. The van der Waals surface area contributed by atoms with Crippen molar-refractivity contribution >= 4 is 22.9 Å². The van der Waals surface area contributed by atoms with Crippen LogP contribution in [0.4, 0.5) is 5.69 Å². The molecule has 0 spiro atoms. The zero-order valence-electron chi connectivity index (χ0n) is 9.80. The summed E-state index contributed by atoms with van der Waals surface area (Å²) in [4.78, 5) is 6.57. The van der Waals surface area contributed by atoms with Gasteiger partial charge in [-0.3, -0.25) is 4.98 Å². The highest BCUT2D eigenvalue weighted by Gasteiger charge is 2.15. The number of hydrogen-bond donors (Lipinski definition) is 1. The normalized spacial score (nSPS) is 12.2. The van der Waals surface area contributed by atoms with Crippen LogP contribution in [0.5, 0.6) is 0 Å². The second-order valence-electron chi connectivity index (χ2n) is 3.65. The first-order chi connectivity index (χ1) is 7.57. The van der Waals surface area contributed by atoms with Gasteiger partial charge in [-0.2, -0.15) is 0 Å². The van der Waals surface area contributed by atoms with E-state index in [-0.39, 0.29) is 6.04 Å². The summed E-state index contributed by atoms with van der Waals surface area (Å²) in [6, 6.07) is 4.06. The third-order valence-corrected chi connectivity index (χ3v) is 2.66. The first-order valence-corrected chi connectivity index (χ1v) is 5.45. The average molecular weight is 239 g/mol. The lowest BCUT2D eigenvalue weighted by Gasteiger charge is -2.27. The molecule has 0 aliphatic heterocycles. The van der Waals surface area contributed by atoms with E-state index in [9.17, 15) is 0 Å². The second-order valence-corrected chi connectivity index (χ2v) is 4.09. The first kappa shape index (κ1) is 12.9. The Bertz CT molecular complexity index is 370. The standard InChI is InChI=1S/C11H17N3OS/c1-8(7-15-3)14(2)9-5-4-6-13-10(9)11(12)16/h4-6,8H,7H2,1-3H3,(H2,12,16). The molecule has 88 valence electrons. The number of aromatic nitrogens is 1. The Balaban J connectivity index is 2.98. The minimum atomic E-state index is 0.238. The fraction of sp³-hybridized carbons (Fsp3) is 0.455. The number of rotatable bonds is 5. The Kier molecular flexibility index (Phi) is 4.64. The highest BCUT2D eigenvalue weighted by atomic mass is 32.1. The van der Waals surface area contributed by atoms with E-state index < -0.39 is 0 Å². The molecule has 0 amide bonds. The van der Waals surface area contributed by atoms with Gasteiger partial charge in [0.1, 0.15) is 10.7 Å². The van der Waals surface area contributed by atoms with Crippen molar-refractivity contribution in [1.82, 2.24) is 4.98 Å². The van der Waals surface area contributed by atoms with Crippen LogP contribution in [0.15, 0.2) is 18.3 Å². The van der Waals surface area contributed by atoms with Crippen LogP contribution in [0.3, 0.4) is 0 Å². The molecule has 0 bridgehead atoms. The van der Waals surface area contributed by atoms with Gasteiger partial charge in [0.15, 0.2) is 0 Å². The van der Waals surface area contributed by atoms with Crippen molar-refractivity contribution in [2.75, 3.05) is 25.7 Å². The number of nitrogens with two attached hydrogens (primary N) is 1. The zero-order valence-corrected chi connectivity index (χ0v) is 10.6. The molecular weight excluding hydrogens is 222 g/mol. The molecule has 2 N–H and O–H groups in total. The number of thiocarbonyl (C=S) groups is 1. The Hall–Kier alpha value is -1.20. The molecule has 1 atom stereocenters. The number of likely N-dealkylation sites (N-methyl/N-ethyl adjacent to an activating group) is 1. The summed E-state index contributed by atoms with van der Waals surface area (Å²) in [5.74, 6) is 0. The minimum Gasteiger partial charge on any atom is -0.388 e. The lowest BCUT2D eigenvalue weighted by Crippen LogP contribution is -2.34. The first-order valence-electron chi connectivity index (χ1n) is 5.04. The van der Waals surface area contributed by atoms with Crippen LogP contribution >= 0.6 is 12.2 Å². The molecule has 1 rings (SSSR count). The quantitative estimate of drug-likeness (QED) is 0.782. The predicted molar refractivity (Wildman–Crippen MR) is 69.9 cm³/mol. The summed E-state index contributed by atoms with van der Waals surface area (Å²) in [7, 11) is 3.66. The molecule has 0 aromatic carbocycles. The molecule has 0 saturated carbocycles. The van der Waals surface area contributed by atoms with Crippen LogP contribution in [-0.4, -0.2) is 36.8 Å². The van der Waals surface area contributed by atoms with E-state index in [0.717, 1.165) is 5.69 Å². The number of anilines is 1. The summed E-state index contributed by atoms with van der Waals surface area (Å²) in [5, 5.41) is 0. The molecule has 1 aromatic heterocycles. The van der Waals surface area contributed by atoms with Gasteiger partial charge in [0.25, 0.3) is 0 Å². The highest BCUT2D eigenvalue weighted by Crippen LogP contribution is 2.18. The van der Waals surface area contributed by atoms with Crippen molar-refractivity contribution in [3.05, 3.63) is 24.0 Å². The van der Waals surface area contributed by atoms with E-state index in [1.807, 2.05) is 19.2 Å². The van der Waals surface area contributed by atoms with Crippen molar-refractivity contribution in [3.8, 4) is 0 Å². The van der Waals surface area contributed by atoms with Gasteiger partial charge in [-0.05, 0) is 19.1 Å². The van der Waals surface area contributed by atoms with Crippen molar-refractivity contribution < 1.29 is 4.74 Å². The van der Waals surface area contributed by atoms with Crippen LogP contribution in [0, 0.1) is 0 Å². The lowest BCUT2D eigenvalue weighted by molar-refractivity contribution is 0.183. The SMILES string of the molecule is COCC(C)N(C)c1cccnc1C(N)=S. The highest BCUT2D eigenvalue weighted by molar-refractivity contribution is 7.80. The Morgan fingerprint density at radius 1 is 1.69 bits per heavy atom. The molecule has 0 radical (unpaired) electrons. The van der Waals surface area contributed by atoms with Crippen LogP contribution in [0.25, 0.3) is 0 Å². The van der Waals surface area contributed by atoms with Gasteiger partial charge >= 0.3 is 0 Å². The second kappa shape index (κ2) is 5.77. The van der Waals surface area contributed by atoms with Crippen molar-refractivity contribution in [3.63, 3.8) is 0 Å². The molecule has 0 aliphatic rings. The maximum absolute atomic E-state index is 5.64. The summed E-state index contributed by atoms with van der Waals surface area (Å²) in [6.07, 6.45) is 1.69. The third-order valence-electron chi connectivity index (χ3n) is 2.47. The minimum absolute atomic E-state index is 0.238. The average Bonchev–Trinajstić information content (AvgIpc) is 2.28. The Labute approximate surface area is 101 Å². The van der Waals surface area contributed by atoms with Crippen molar-refractivity contribution in [2.45, 2.75) is 13.0 Å². The molecule has 16 heavy (non-hydrogen) atoms. The summed E-state index contributed by atoms with van der Waals surface area (Å²) in [6.45, 7) is 2.71. The fourth-order valence-corrected chi connectivity index (χ4v) is 1.62. The van der Waals surface area contributed by atoms with E-state index in [1.165, 1.54) is 0 Å². The van der Waals surface area contributed by atoms with E-state index in [2.05, 4.69) is 16.8 Å². The molecular formula is C11H17N3OS. The van der Waals surface area contributed by atoms with E-state index >= 15 is 0 Å². The van der Waals surface area contributed by atoms with Gasteiger partial charge in [0.2, 0.25) is 0 Å². The Morgan fingerprint density at radius 2 is 2.38 bits per heavy atom. The van der Waals surface area contributed by atoms with Crippen LogP contribution < -0.4 is 10.6 Å². The van der Waals surface area contributed by atoms with Gasteiger partial charge in [-0.25, -0.2) is 0 Å². The predicted octanol–water partition coefficient (Wildman–Crippen LogP) is 1.19. The smallest absolute Gasteiger partial charge is 0.124 e. The van der Waals surface area contributed by atoms with E-state index in [0.29, 0.717) is 17.3 Å². The van der Waals surface area contributed by atoms with Crippen molar-refractivity contribution in [2.24, 2.45) is 5.73 Å². The molecule has 0 fully saturated rings. The molecule has 1 unspecified atom stereocenters. The molecule has 0 aliphatic carbocycles. The number of nitrogens with zero attached hydrogens (tertiary/aromatic N) is 2. The number of hydrogen-bond acceptors (Lipinski definition) is 4. The summed E-state index contributed by atoms with van der Waals surface area (Å²) >= 11 is 4.98. The van der Waals surface area contributed by atoms with Crippen LogP contribution in [0.1, 0.15) is 12.6 Å². The van der Waals surface area contributed by atoms with Gasteiger partial charge in [-0.1, -0.05) is 12.2 Å². The van der Waals surface area contributed by atoms with Crippen molar-refractivity contribution in [1.29, 1.82) is 0 Å². The van der Waals surface area contributed by atoms with Crippen LogP contribution in [0.2, 0.25) is 0 Å². The maximum atomic E-state index is 5.64. The Morgan fingerprint density at radius 3 is 2.94 bits per heavy atom. The fourth-order valence-electron chi connectivity index (χ4n) is 1.46. The summed E-state index contributed by atoms with van der Waals surface area (Å²) in [5.41, 5.74) is 7.22. The molecule has 4 nitrogen and oxygen atoms in total. The molecule has 0 saturated heterocycles. The maximum Gasteiger partial charge on any atom is 0.124 e. The van der Waals surface area contributed by atoms with Gasteiger partial charge in [-0.15, -0.1) is 0 Å². The van der Waals surface area contributed by atoms with Crippen LogP contribution in [-0.2, 0) is 4.74 Å². The zero-order chi connectivity index (χ0) is 12.1. The third kappa shape index (κ3) is 2.90. The van der Waals surface area contributed by atoms with Gasteiger partial charge in [0, 0.05) is 26.4 Å². The number of pyridine rings is 1. The van der Waals surface area contributed by atoms with Gasteiger partial charge < -0.3 is 15.4 Å². The number of ether oxygens (including phenoxy) is 1. The van der Waals surface area contributed by atoms with E-state index in [1.54, 1.807) is 13.3 Å². The van der Waals surface area contributed by atoms with E-state index in [4.69, 9.17) is 22.7 Å². The number of methoxy groups -OCH3 is 1. The molecule has 5 heteroatoms. The van der Waals surface area contributed by atoms with Gasteiger partial charge in [0.05, 0.1) is 12.3 Å². The monoisotopic (exact) mass is 239 g/mol. The topological polar surface area (TPSA) is 51.4 Å². The summed E-state index contributed by atoms with van der Waals surface area (Å²) < 4.78 is 5.12.